The highest BCUT2D eigenvalue weighted by molar-refractivity contribution is 6.44. The van der Waals surface area contributed by atoms with Crippen molar-refractivity contribution >= 4 is 23.0 Å². The van der Waals surface area contributed by atoms with Crippen molar-refractivity contribution in [2.45, 2.75) is 20.8 Å². The Hall–Kier alpha value is -3.64. The zero-order valence-electron chi connectivity index (χ0n) is 14.9. The van der Waals surface area contributed by atoms with Crippen molar-refractivity contribution in [1.82, 2.24) is 0 Å². The van der Waals surface area contributed by atoms with Gasteiger partial charge in [0.25, 0.3) is 0 Å². The van der Waals surface area contributed by atoms with Gasteiger partial charge in [0.2, 0.25) is 5.78 Å². The van der Waals surface area contributed by atoms with Crippen LogP contribution < -0.4 is 10.7 Å². The van der Waals surface area contributed by atoms with E-state index < -0.39 is 5.41 Å². The first kappa shape index (κ1) is 18.7. The van der Waals surface area contributed by atoms with E-state index in [-0.39, 0.29) is 11.6 Å². The van der Waals surface area contributed by atoms with Crippen LogP contribution in [0.4, 0.5) is 11.4 Å². The molecule has 0 radical (unpaired) electrons. The van der Waals surface area contributed by atoms with E-state index in [0.717, 1.165) is 0 Å². The Balaban J connectivity index is 2.25. The summed E-state index contributed by atoms with van der Waals surface area (Å²) in [5.74, 6) is -0.00503. The molecule has 2 aromatic rings. The molecule has 0 saturated carbocycles. The van der Waals surface area contributed by atoms with Gasteiger partial charge in [-0.1, -0.05) is 20.8 Å². The number of carbonyl (C=O) groups is 1. The Morgan fingerprint density at radius 3 is 1.77 bits per heavy atom. The second-order valence-corrected chi connectivity index (χ2v) is 6.65. The molecule has 0 amide bonds. The van der Waals surface area contributed by atoms with E-state index >= 15 is 0 Å². The third kappa shape index (κ3) is 4.93. The number of hydrogen-bond acceptors (Lipinski definition) is 5. The molecule has 2 rings (SSSR count). The molecule has 130 valence electrons. The number of amidine groups is 1. The fraction of sp³-hybridized carbons (Fsp3) is 0.200. The van der Waals surface area contributed by atoms with Gasteiger partial charge in [-0.15, -0.1) is 0 Å². The zero-order chi connectivity index (χ0) is 19.2. The minimum Gasteiger partial charge on any atom is -0.336 e. The van der Waals surface area contributed by atoms with Crippen LogP contribution in [0.3, 0.4) is 0 Å². The fourth-order valence-corrected chi connectivity index (χ4v) is 2.00. The van der Waals surface area contributed by atoms with Crippen molar-refractivity contribution in [2.24, 2.45) is 10.5 Å². The van der Waals surface area contributed by atoms with Gasteiger partial charge in [0.15, 0.2) is 5.84 Å². The molecule has 0 saturated heterocycles. The molecule has 2 N–H and O–H groups in total. The first-order valence-corrected chi connectivity index (χ1v) is 7.99. The maximum absolute atomic E-state index is 12.7. The van der Waals surface area contributed by atoms with Gasteiger partial charge in [0.1, 0.15) is 0 Å². The molecule has 2 aromatic carbocycles. The lowest BCUT2D eigenvalue weighted by atomic mass is 9.90. The molecule has 0 aliphatic carbocycles. The third-order valence-electron chi connectivity index (χ3n) is 3.48. The van der Waals surface area contributed by atoms with Crippen molar-refractivity contribution in [3.05, 3.63) is 59.7 Å². The van der Waals surface area contributed by atoms with Crippen molar-refractivity contribution in [3.8, 4) is 12.1 Å². The summed E-state index contributed by atoms with van der Waals surface area (Å²) < 4.78 is 0. The Morgan fingerprint density at radius 2 is 1.35 bits per heavy atom. The summed E-state index contributed by atoms with van der Waals surface area (Å²) in [6.07, 6.45) is 0. The van der Waals surface area contributed by atoms with E-state index in [4.69, 9.17) is 10.5 Å². The Bertz CT molecular complexity index is 892. The summed E-state index contributed by atoms with van der Waals surface area (Å²) in [5.41, 5.74) is 4.60. The lowest BCUT2D eigenvalue weighted by Crippen LogP contribution is -2.34. The number of anilines is 2. The minimum absolute atomic E-state index is 0.159. The number of nitriles is 2. The number of hydrazone groups is 1. The topological polar surface area (TPSA) is 101 Å². The van der Waals surface area contributed by atoms with Crippen LogP contribution >= 0.6 is 0 Å². The van der Waals surface area contributed by atoms with E-state index in [0.29, 0.717) is 22.5 Å². The largest absolute Gasteiger partial charge is 0.336 e. The summed E-state index contributed by atoms with van der Waals surface area (Å²) in [6, 6.07) is 17.6. The normalized spacial score (nSPS) is 11.2. The predicted octanol–water partition coefficient (Wildman–Crippen LogP) is 3.88. The van der Waals surface area contributed by atoms with Gasteiger partial charge in [-0.05, 0) is 48.5 Å². The van der Waals surface area contributed by atoms with E-state index in [9.17, 15) is 4.79 Å². The fourth-order valence-electron chi connectivity index (χ4n) is 2.00. The van der Waals surface area contributed by atoms with Crippen LogP contribution in [-0.4, -0.2) is 11.6 Å². The van der Waals surface area contributed by atoms with E-state index in [1.54, 1.807) is 48.5 Å². The maximum atomic E-state index is 12.7. The van der Waals surface area contributed by atoms with Gasteiger partial charge in [-0.25, -0.2) is 0 Å². The van der Waals surface area contributed by atoms with Gasteiger partial charge in [-0.3, -0.25) is 10.2 Å². The zero-order valence-corrected chi connectivity index (χ0v) is 14.9. The van der Waals surface area contributed by atoms with Crippen molar-refractivity contribution in [3.63, 3.8) is 0 Å². The molecule has 0 aliphatic rings. The molecule has 26 heavy (non-hydrogen) atoms. The van der Waals surface area contributed by atoms with Gasteiger partial charge >= 0.3 is 0 Å². The lowest BCUT2D eigenvalue weighted by Gasteiger charge is -2.19. The van der Waals surface area contributed by atoms with Crippen LogP contribution in [0, 0.1) is 28.1 Å². The van der Waals surface area contributed by atoms with Crippen molar-refractivity contribution in [1.29, 1.82) is 10.5 Å². The number of ketones is 1. The van der Waals surface area contributed by atoms with Crippen LogP contribution in [0.25, 0.3) is 0 Å². The van der Waals surface area contributed by atoms with Crippen LogP contribution in [0.15, 0.2) is 53.6 Å². The second-order valence-electron chi connectivity index (χ2n) is 6.65. The summed E-state index contributed by atoms with van der Waals surface area (Å²) in [4.78, 5) is 12.7. The number of rotatable bonds is 4. The van der Waals surface area contributed by atoms with Gasteiger partial charge in [0.05, 0.1) is 29.0 Å². The van der Waals surface area contributed by atoms with E-state index in [1.807, 2.05) is 26.8 Å². The average molecular weight is 345 g/mol. The lowest BCUT2D eigenvalue weighted by molar-refractivity contribution is -0.119. The maximum Gasteiger partial charge on any atom is 0.205 e. The van der Waals surface area contributed by atoms with E-state index in [1.165, 1.54) is 0 Å². The standard InChI is InChI=1S/C20H19N5O/c1-20(2,3)18(26)19(23-16-8-4-14(12-21)5-9-16)25-24-17-10-6-15(13-22)7-11-17/h4-11,24H,1-3H3,(H,23,25). The summed E-state index contributed by atoms with van der Waals surface area (Å²) in [7, 11) is 0. The molecule has 0 heterocycles. The van der Waals surface area contributed by atoms with E-state index in [2.05, 4.69) is 21.9 Å². The second kappa shape index (κ2) is 7.96. The molecule has 6 heteroatoms. The molecule has 6 nitrogen and oxygen atoms in total. The van der Waals surface area contributed by atoms with Crippen LogP contribution in [0.2, 0.25) is 0 Å². The molecule has 0 bridgehead atoms. The van der Waals surface area contributed by atoms with Gasteiger partial charge in [-0.2, -0.15) is 15.6 Å². The third-order valence-corrected chi connectivity index (χ3v) is 3.48. The number of hydrogen-bond donors (Lipinski definition) is 2. The summed E-state index contributed by atoms with van der Waals surface area (Å²) in [5, 5.41) is 24.9. The van der Waals surface area contributed by atoms with Crippen molar-refractivity contribution in [2.75, 3.05) is 10.7 Å². The van der Waals surface area contributed by atoms with Crippen molar-refractivity contribution < 1.29 is 4.79 Å². The smallest absolute Gasteiger partial charge is 0.205 e. The first-order chi connectivity index (χ1) is 12.3. The SMILES string of the molecule is CC(C)(C)C(=O)/C(=N\Nc1ccc(C#N)cc1)Nc1ccc(C#N)cc1. The Kier molecular flexibility index (Phi) is 5.72. The summed E-state index contributed by atoms with van der Waals surface area (Å²) >= 11 is 0. The quantitative estimate of drug-likeness (QED) is 0.497. The monoisotopic (exact) mass is 345 g/mol. The number of carbonyl (C=O) groups excluding carboxylic acids is 1. The number of nitrogens with one attached hydrogen (secondary N) is 2. The Morgan fingerprint density at radius 1 is 0.885 bits per heavy atom. The molecular formula is C20H19N5O. The molecule has 0 spiro atoms. The molecule has 0 atom stereocenters. The molecular weight excluding hydrogens is 326 g/mol. The summed E-state index contributed by atoms with van der Waals surface area (Å²) in [6.45, 7) is 5.44. The van der Waals surface area contributed by atoms with Crippen LogP contribution in [0.1, 0.15) is 31.9 Å². The molecule has 0 aromatic heterocycles. The van der Waals surface area contributed by atoms with Crippen LogP contribution in [-0.2, 0) is 4.79 Å². The highest BCUT2D eigenvalue weighted by Gasteiger charge is 2.27. The van der Waals surface area contributed by atoms with Gasteiger partial charge in [0, 0.05) is 11.1 Å². The first-order valence-electron chi connectivity index (χ1n) is 7.99. The minimum atomic E-state index is -0.620. The highest BCUT2D eigenvalue weighted by Crippen LogP contribution is 2.18. The number of benzene rings is 2. The van der Waals surface area contributed by atoms with Gasteiger partial charge < -0.3 is 5.32 Å². The average Bonchev–Trinajstić information content (AvgIpc) is 2.64. The molecule has 0 fully saturated rings. The number of nitrogens with zero attached hydrogens (tertiary/aromatic N) is 3. The molecule has 0 aliphatic heterocycles. The highest BCUT2D eigenvalue weighted by atomic mass is 16.1. The number of Topliss-reactive ketones (excluding diaryl/α,β-unsaturated/α-hetero) is 1. The predicted molar refractivity (Wildman–Crippen MR) is 101 cm³/mol. The van der Waals surface area contributed by atoms with Crippen LogP contribution in [0.5, 0.6) is 0 Å². The molecule has 0 unspecified atom stereocenters. The Labute approximate surface area is 152 Å².